The third-order valence-corrected chi connectivity index (χ3v) is 1.28. The fraction of sp³-hybridized carbons (Fsp3) is 0.600. The van der Waals surface area contributed by atoms with Gasteiger partial charge in [-0.2, -0.15) is 0 Å². The van der Waals surface area contributed by atoms with E-state index in [-0.39, 0.29) is 0 Å². The summed E-state index contributed by atoms with van der Waals surface area (Å²) in [5.41, 5.74) is 1.41. The van der Waals surface area contributed by atoms with Crippen LogP contribution in [-0.2, 0) is 0 Å². The predicted molar refractivity (Wildman–Crippen MR) is 34.7 cm³/mol. The fourth-order valence-corrected chi connectivity index (χ4v) is 0.591. The largest absolute Gasteiger partial charge is 0.0917 e. The average molecular weight is 139 g/mol. The molecule has 0 atom stereocenters. The van der Waals surface area contributed by atoms with Crippen LogP contribution in [0.1, 0.15) is 19.8 Å². The van der Waals surface area contributed by atoms with Gasteiger partial charge >= 0.3 is 0 Å². The van der Waals surface area contributed by atoms with Crippen LogP contribution in [-0.4, -0.2) is 0 Å². The Morgan fingerprint density at radius 3 is 2.43 bits per heavy atom. The van der Waals surface area contributed by atoms with E-state index in [0.29, 0.717) is 0 Å². The zero-order valence-electron chi connectivity index (χ0n) is 4.25. The normalized spacial score (nSPS) is 12.1. The Morgan fingerprint density at radius 1 is 1.71 bits per heavy atom. The number of hydrogen-bond acceptors (Lipinski definition) is 0. The van der Waals surface area contributed by atoms with Crippen LogP contribution in [0, 0.1) is 0 Å². The Kier molecular flexibility index (Phi) is 4.68. The molecule has 0 spiro atoms. The van der Waals surface area contributed by atoms with Crippen molar-refractivity contribution in [3.8, 4) is 0 Å². The third kappa shape index (κ3) is 4.17. The quantitative estimate of drug-likeness (QED) is 0.551. The monoisotopic (exact) mass is 138 g/mol. The Balaban J connectivity index is 3.17. The molecule has 0 aliphatic heterocycles. The van der Waals surface area contributed by atoms with Crippen molar-refractivity contribution in [3.05, 3.63) is 10.6 Å². The number of rotatable bonds is 2. The van der Waals surface area contributed by atoms with Crippen LogP contribution >= 0.6 is 23.2 Å². The molecule has 0 heterocycles. The van der Waals surface area contributed by atoms with E-state index in [1.54, 1.807) is 0 Å². The van der Waals surface area contributed by atoms with Crippen molar-refractivity contribution in [2.24, 2.45) is 0 Å². The van der Waals surface area contributed by atoms with E-state index in [0.717, 1.165) is 17.9 Å². The van der Waals surface area contributed by atoms with Crippen molar-refractivity contribution < 1.29 is 0 Å². The molecule has 0 aliphatic rings. The second-order valence-corrected chi connectivity index (χ2v) is 2.01. The van der Waals surface area contributed by atoms with Crippen molar-refractivity contribution >= 4 is 23.2 Å². The van der Waals surface area contributed by atoms with E-state index >= 15 is 0 Å². The average Bonchev–Trinajstić information content (AvgIpc) is 1.68. The minimum Gasteiger partial charge on any atom is -0.0917 e. The first-order chi connectivity index (χ1) is 3.31. The molecule has 0 bridgehead atoms. The molecule has 0 saturated heterocycles. The number of hydrogen-bond donors (Lipinski definition) is 0. The highest BCUT2D eigenvalue weighted by molar-refractivity contribution is 6.36. The van der Waals surface area contributed by atoms with Gasteiger partial charge in [-0.3, -0.25) is 0 Å². The maximum Gasteiger partial charge on any atom is 0.0293 e. The summed E-state index contributed by atoms with van der Waals surface area (Å²) in [6.07, 6.45) is 1.95. The molecule has 7 heavy (non-hydrogen) atoms. The Bertz CT molecular complexity index is 66.5. The minimum atomic E-state index is 0.740. The van der Waals surface area contributed by atoms with Crippen molar-refractivity contribution in [1.82, 2.24) is 0 Å². The molecule has 0 amide bonds. The summed E-state index contributed by atoms with van der Waals surface area (Å²) < 4.78 is 0. The molecule has 0 N–H and O–H groups in total. The first-order valence-electron chi connectivity index (χ1n) is 2.26. The van der Waals surface area contributed by atoms with Gasteiger partial charge in [-0.05, 0) is 6.42 Å². The highest BCUT2D eigenvalue weighted by Gasteiger charge is 1.84. The molecular weight excluding hydrogens is 131 g/mol. The van der Waals surface area contributed by atoms with Crippen LogP contribution in [0.3, 0.4) is 0 Å². The maximum absolute atomic E-state index is 5.49. The number of halogens is 2. The van der Waals surface area contributed by atoms with Gasteiger partial charge in [-0.25, -0.2) is 0 Å². The van der Waals surface area contributed by atoms with E-state index in [9.17, 15) is 0 Å². The highest BCUT2D eigenvalue weighted by atomic mass is 35.5. The van der Waals surface area contributed by atoms with E-state index in [1.807, 2.05) is 0 Å². The molecule has 0 fully saturated rings. The Labute approximate surface area is 54.1 Å². The van der Waals surface area contributed by atoms with Gasteiger partial charge in [0.15, 0.2) is 0 Å². The predicted octanol–water partition coefficient (Wildman–Crippen LogP) is 3.11. The topological polar surface area (TPSA) is 0 Å². The maximum atomic E-state index is 5.49. The second-order valence-electron chi connectivity index (χ2n) is 1.31. The minimum absolute atomic E-state index is 0.740. The lowest BCUT2D eigenvalue weighted by molar-refractivity contribution is 0.946. The smallest absolute Gasteiger partial charge is 0.0293 e. The Hall–Kier alpha value is 0.320. The zero-order chi connectivity index (χ0) is 5.70. The van der Waals surface area contributed by atoms with Gasteiger partial charge < -0.3 is 0 Å². The van der Waals surface area contributed by atoms with E-state index in [1.165, 1.54) is 5.54 Å². The molecule has 42 valence electrons. The van der Waals surface area contributed by atoms with Crippen LogP contribution in [0.5, 0.6) is 0 Å². The molecule has 0 saturated carbocycles. The first-order valence-corrected chi connectivity index (χ1v) is 3.07. The molecule has 0 unspecified atom stereocenters. The summed E-state index contributed by atoms with van der Waals surface area (Å²) >= 11 is 10.7. The summed E-state index contributed by atoms with van der Waals surface area (Å²) in [5, 5.41) is 0.740. The van der Waals surface area contributed by atoms with Crippen molar-refractivity contribution in [2.75, 3.05) is 0 Å². The van der Waals surface area contributed by atoms with Gasteiger partial charge in [0.1, 0.15) is 0 Å². The van der Waals surface area contributed by atoms with Gasteiger partial charge in [0.25, 0.3) is 0 Å². The summed E-state index contributed by atoms with van der Waals surface area (Å²) in [6, 6.07) is 0. The highest BCUT2D eigenvalue weighted by Crippen LogP contribution is 2.09. The van der Waals surface area contributed by atoms with Gasteiger partial charge in [0.2, 0.25) is 0 Å². The summed E-state index contributed by atoms with van der Waals surface area (Å²) in [6.45, 7) is 2.06. The van der Waals surface area contributed by atoms with Crippen LogP contribution in [0.2, 0.25) is 0 Å². The second kappa shape index (κ2) is 4.48. The third-order valence-electron chi connectivity index (χ3n) is 0.607. The lowest BCUT2D eigenvalue weighted by Crippen LogP contribution is -1.65. The van der Waals surface area contributed by atoms with E-state index < -0.39 is 0 Å². The lowest BCUT2D eigenvalue weighted by Gasteiger charge is -1.86. The molecule has 0 rings (SSSR count). The van der Waals surface area contributed by atoms with Crippen molar-refractivity contribution in [2.45, 2.75) is 19.8 Å². The summed E-state index contributed by atoms with van der Waals surface area (Å²) in [5.74, 6) is 0. The fourth-order valence-electron chi connectivity index (χ4n) is 0.293. The lowest BCUT2D eigenvalue weighted by atomic mass is 10.3. The van der Waals surface area contributed by atoms with Crippen molar-refractivity contribution in [3.63, 3.8) is 0 Å². The molecule has 0 aromatic rings. The molecule has 0 nitrogen and oxygen atoms in total. The van der Waals surface area contributed by atoms with Crippen LogP contribution in [0.15, 0.2) is 10.6 Å². The standard InChI is InChI=1S/C5H8Cl2/c1-2-3-5(7)4-6/h4H,2-3H2,1H3/b5-4+. The van der Waals surface area contributed by atoms with Crippen LogP contribution < -0.4 is 0 Å². The molecule has 0 radical (unpaired) electrons. The molecule has 0 aromatic heterocycles. The zero-order valence-corrected chi connectivity index (χ0v) is 5.76. The summed E-state index contributed by atoms with van der Waals surface area (Å²) in [4.78, 5) is 0. The van der Waals surface area contributed by atoms with Crippen LogP contribution in [0.4, 0.5) is 0 Å². The van der Waals surface area contributed by atoms with E-state index in [2.05, 4.69) is 6.92 Å². The molecule has 0 aromatic carbocycles. The number of allylic oxidation sites excluding steroid dienone is 1. The first kappa shape index (κ1) is 7.32. The SMILES string of the molecule is CCC/C(Cl)=C\Cl. The van der Waals surface area contributed by atoms with Gasteiger partial charge in [0, 0.05) is 10.6 Å². The van der Waals surface area contributed by atoms with Crippen molar-refractivity contribution in [1.29, 1.82) is 0 Å². The molecular formula is C5H8Cl2. The van der Waals surface area contributed by atoms with Gasteiger partial charge in [0.05, 0.1) is 0 Å². The molecule has 0 aliphatic carbocycles. The molecule has 2 heteroatoms. The van der Waals surface area contributed by atoms with Gasteiger partial charge in [-0.1, -0.05) is 36.5 Å². The van der Waals surface area contributed by atoms with Crippen LogP contribution in [0.25, 0.3) is 0 Å². The Morgan fingerprint density at radius 2 is 2.29 bits per heavy atom. The van der Waals surface area contributed by atoms with E-state index in [4.69, 9.17) is 23.2 Å². The summed E-state index contributed by atoms with van der Waals surface area (Å²) in [7, 11) is 0. The van der Waals surface area contributed by atoms with Gasteiger partial charge in [-0.15, -0.1) is 0 Å².